The summed E-state index contributed by atoms with van der Waals surface area (Å²) in [6.45, 7) is 0. The second-order valence-electron chi connectivity index (χ2n) is 7.55. The zero-order chi connectivity index (χ0) is 19.8. The highest BCUT2D eigenvalue weighted by Gasteiger charge is 2.47. The summed E-state index contributed by atoms with van der Waals surface area (Å²) in [6, 6.07) is 19.8. The molecule has 5 heteroatoms. The van der Waals surface area contributed by atoms with Gasteiger partial charge in [-0.3, -0.25) is 4.79 Å². The highest BCUT2D eigenvalue weighted by Crippen LogP contribution is 2.46. The molecule has 3 aliphatic rings. The second-order valence-corrected chi connectivity index (χ2v) is 7.55. The number of rotatable bonds is 4. The maximum atomic E-state index is 13.3. The Morgan fingerprint density at radius 3 is 2.72 bits per heavy atom. The summed E-state index contributed by atoms with van der Waals surface area (Å²) in [4.78, 5) is 15.3. The molecule has 142 valence electrons. The van der Waals surface area contributed by atoms with E-state index in [9.17, 15) is 10.1 Å². The Kier molecular flexibility index (Phi) is 3.99. The number of hydrogen-bond acceptors (Lipinski definition) is 4. The van der Waals surface area contributed by atoms with E-state index >= 15 is 0 Å². The quantitative estimate of drug-likeness (QED) is 0.851. The monoisotopic (exact) mass is 380 g/mol. The smallest absolute Gasteiger partial charge is 0.270 e. The minimum Gasteiger partial charge on any atom is -0.355 e. The highest BCUT2D eigenvalue weighted by molar-refractivity contribution is 5.95. The van der Waals surface area contributed by atoms with Crippen molar-refractivity contribution < 1.29 is 4.79 Å². The van der Waals surface area contributed by atoms with Crippen LogP contribution in [-0.4, -0.2) is 10.8 Å². The number of benzene rings is 2. The molecule has 2 aliphatic heterocycles. The average Bonchev–Trinajstić information content (AvgIpc) is 3.45. The molecule has 1 fully saturated rings. The van der Waals surface area contributed by atoms with Crippen molar-refractivity contribution in [2.75, 3.05) is 0 Å². The number of nitrogens with zero attached hydrogens (tertiary/aromatic N) is 2. The lowest BCUT2D eigenvalue weighted by atomic mass is 10.0. The molecule has 0 bridgehead atoms. The summed E-state index contributed by atoms with van der Waals surface area (Å²) in [6.07, 6.45) is 9.43. The van der Waals surface area contributed by atoms with Gasteiger partial charge in [0, 0.05) is 6.20 Å². The van der Waals surface area contributed by atoms with E-state index in [1.165, 1.54) is 0 Å². The van der Waals surface area contributed by atoms with Crippen LogP contribution in [0.1, 0.15) is 35.7 Å². The van der Waals surface area contributed by atoms with Crippen LogP contribution in [0.2, 0.25) is 0 Å². The molecule has 1 aliphatic carbocycles. The molecule has 1 saturated carbocycles. The number of amides is 1. The van der Waals surface area contributed by atoms with E-state index in [0.29, 0.717) is 11.3 Å². The fraction of sp³-hybridized carbons (Fsp3) is 0.167. The highest BCUT2D eigenvalue weighted by atomic mass is 16.2. The first kappa shape index (κ1) is 17.3. The van der Waals surface area contributed by atoms with Crippen LogP contribution in [0.5, 0.6) is 0 Å². The lowest BCUT2D eigenvalue weighted by Crippen LogP contribution is -2.38. The van der Waals surface area contributed by atoms with E-state index in [1.807, 2.05) is 65.7 Å². The fourth-order valence-electron chi connectivity index (χ4n) is 4.03. The topological polar surface area (TPSA) is 68.2 Å². The van der Waals surface area contributed by atoms with Gasteiger partial charge in [-0.25, -0.2) is 0 Å². The van der Waals surface area contributed by atoms with Crippen LogP contribution < -0.4 is 10.6 Å². The molecule has 5 rings (SSSR count). The van der Waals surface area contributed by atoms with Gasteiger partial charge in [0.05, 0.1) is 22.9 Å². The van der Waals surface area contributed by atoms with E-state index < -0.39 is 0 Å². The standard InChI is InChI=1S/C24H20N4O/c25-16-17-7-6-8-18(15-17)22-26-21(20-11-4-5-14-28(20)22)23(29)27-24(12-13-24)19-9-2-1-3-10-19/h1-11,14-15,22,26H,12-13H2,(H,27,29). The summed E-state index contributed by atoms with van der Waals surface area (Å²) in [5.41, 5.74) is 3.80. The van der Waals surface area contributed by atoms with E-state index in [4.69, 9.17) is 0 Å². The first-order valence-electron chi connectivity index (χ1n) is 9.72. The largest absolute Gasteiger partial charge is 0.355 e. The zero-order valence-electron chi connectivity index (χ0n) is 15.8. The van der Waals surface area contributed by atoms with Crippen LogP contribution in [0.3, 0.4) is 0 Å². The van der Waals surface area contributed by atoms with Crippen LogP contribution in [-0.2, 0) is 10.3 Å². The van der Waals surface area contributed by atoms with E-state index in [2.05, 4.69) is 28.8 Å². The SMILES string of the molecule is N#Cc1cccc(C2NC(C(=O)NC3(c4ccccc4)CC3)=C3C=CC=CN32)c1. The van der Waals surface area contributed by atoms with Crippen molar-refractivity contribution >= 4 is 5.91 Å². The summed E-state index contributed by atoms with van der Waals surface area (Å²) < 4.78 is 0. The van der Waals surface area contributed by atoms with Gasteiger partial charge >= 0.3 is 0 Å². The van der Waals surface area contributed by atoms with Gasteiger partial charge in [-0.1, -0.05) is 48.5 Å². The van der Waals surface area contributed by atoms with Crippen LogP contribution in [0.4, 0.5) is 0 Å². The number of carbonyl (C=O) groups is 1. The van der Waals surface area contributed by atoms with Crippen molar-refractivity contribution in [1.82, 2.24) is 15.5 Å². The van der Waals surface area contributed by atoms with Crippen molar-refractivity contribution in [1.29, 1.82) is 5.26 Å². The number of hydrogen-bond donors (Lipinski definition) is 2. The molecule has 2 aromatic carbocycles. The van der Waals surface area contributed by atoms with Gasteiger partial charge in [0.2, 0.25) is 0 Å². The van der Waals surface area contributed by atoms with Gasteiger partial charge in [-0.15, -0.1) is 0 Å². The van der Waals surface area contributed by atoms with Crippen molar-refractivity contribution in [2.24, 2.45) is 0 Å². The Labute approximate surface area is 169 Å². The third-order valence-electron chi connectivity index (χ3n) is 5.69. The molecule has 2 heterocycles. The summed E-state index contributed by atoms with van der Waals surface area (Å²) >= 11 is 0. The van der Waals surface area contributed by atoms with Crippen LogP contribution >= 0.6 is 0 Å². The van der Waals surface area contributed by atoms with Gasteiger partial charge in [0.15, 0.2) is 0 Å². The van der Waals surface area contributed by atoms with Gasteiger partial charge < -0.3 is 15.5 Å². The molecule has 0 radical (unpaired) electrons. The van der Waals surface area contributed by atoms with Crippen molar-refractivity contribution in [3.63, 3.8) is 0 Å². The predicted octanol–water partition coefficient (Wildman–Crippen LogP) is 3.56. The number of nitriles is 1. The van der Waals surface area contributed by atoms with Crippen LogP contribution in [0.15, 0.2) is 90.4 Å². The number of fused-ring (bicyclic) bond motifs is 1. The van der Waals surface area contributed by atoms with Crippen LogP contribution in [0, 0.1) is 11.3 Å². The number of nitrogens with one attached hydrogen (secondary N) is 2. The Morgan fingerprint density at radius 2 is 1.97 bits per heavy atom. The average molecular weight is 380 g/mol. The normalized spacial score (nSPS) is 20.7. The first-order chi connectivity index (χ1) is 14.2. The van der Waals surface area contributed by atoms with E-state index in [0.717, 1.165) is 29.7 Å². The minimum atomic E-state index is -0.272. The van der Waals surface area contributed by atoms with Crippen molar-refractivity contribution in [2.45, 2.75) is 24.5 Å². The Morgan fingerprint density at radius 1 is 1.14 bits per heavy atom. The summed E-state index contributed by atoms with van der Waals surface area (Å²) in [5.74, 6) is -0.106. The first-order valence-corrected chi connectivity index (χ1v) is 9.72. The van der Waals surface area contributed by atoms with Gasteiger partial charge in [0.25, 0.3) is 5.91 Å². The Hall–Kier alpha value is -3.78. The number of carbonyl (C=O) groups excluding carboxylic acids is 1. The number of allylic oxidation sites excluding steroid dienone is 3. The van der Waals surface area contributed by atoms with Gasteiger partial charge in [-0.2, -0.15) is 5.26 Å². The van der Waals surface area contributed by atoms with Crippen molar-refractivity contribution in [3.8, 4) is 6.07 Å². The maximum Gasteiger partial charge on any atom is 0.270 e. The molecule has 1 amide bonds. The lowest BCUT2D eigenvalue weighted by Gasteiger charge is -2.26. The minimum absolute atomic E-state index is 0.106. The molecule has 2 N–H and O–H groups in total. The molecule has 1 unspecified atom stereocenters. The Balaban J connectivity index is 1.44. The predicted molar refractivity (Wildman–Crippen MR) is 110 cm³/mol. The molecule has 0 saturated heterocycles. The lowest BCUT2D eigenvalue weighted by molar-refractivity contribution is -0.118. The molecule has 2 aromatic rings. The Bertz CT molecular complexity index is 1100. The van der Waals surface area contributed by atoms with E-state index in [1.54, 1.807) is 6.07 Å². The summed E-state index contributed by atoms with van der Waals surface area (Å²) in [5, 5.41) is 15.9. The summed E-state index contributed by atoms with van der Waals surface area (Å²) in [7, 11) is 0. The molecule has 0 spiro atoms. The maximum absolute atomic E-state index is 13.3. The fourth-order valence-corrected chi connectivity index (χ4v) is 4.03. The third-order valence-corrected chi connectivity index (χ3v) is 5.69. The molecule has 0 aromatic heterocycles. The third kappa shape index (κ3) is 2.99. The van der Waals surface area contributed by atoms with Crippen LogP contribution in [0.25, 0.3) is 0 Å². The van der Waals surface area contributed by atoms with E-state index in [-0.39, 0.29) is 17.6 Å². The van der Waals surface area contributed by atoms with Crippen molar-refractivity contribution in [3.05, 3.63) is 107 Å². The molecule has 29 heavy (non-hydrogen) atoms. The van der Waals surface area contributed by atoms with Gasteiger partial charge in [0.1, 0.15) is 11.9 Å². The van der Waals surface area contributed by atoms with Gasteiger partial charge in [-0.05, 0) is 48.3 Å². The molecular formula is C24H20N4O. The molecular weight excluding hydrogens is 360 g/mol. The zero-order valence-corrected chi connectivity index (χ0v) is 15.8. The molecule has 1 atom stereocenters. The second kappa shape index (κ2) is 6.68. The molecule has 5 nitrogen and oxygen atoms in total.